The zero-order chi connectivity index (χ0) is 56.1. The number of rotatable bonds is 21. The Morgan fingerprint density at radius 1 is 0.714 bits per heavy atom. The van der Waals surface area contributed by atoms with Gasteiger partial charge >= 0.3 is 12.2 Å². The van der Waals surface area contributed by atoms with E-state index in [1.807, 2.05) is 0 Å². The smallest absolute Gasteiger partial charge is 0.407 e. The van der Waals surface area contributed by atoms with Crippen molar-refractivity contribution in [2.24, 2.45) is 15.3 Å². The van der Waals surface area contributed by atoms with Crippen LogP contribution in [-0.4, -0.2) is 115 Å². The summed E-state index contributed by atoms with van der Waals surface area (Å²) in [6.07, 6.45) is -2.78. The minimum Gasteiger partial charge on any atom is -0.497 e. The Bertz CT molecular complexity index is 3150. The standard InChI is InChI=1S/C53H65N9O13S2/c1-52(2,3)74-50(65)54-25-26-58-76(67,68)45-24-22-42(37-11-10-12-38(28-37)49(64)55-30-39(63)31-56-51(66)75-53(4,5)6)46(48-59-43-27-36(29-57-61-60-48)17-23-44(43)73-9)47(45)77(69,70)62(32-34-13-18-40(71-7)19-14-34)33-35-15-20-41(72-8)21-16-35/h10-24,27-28,39,58,63H,25-26,29-33H2,1-9H3,(H,54,65)(H,55,64)(H,56,66)(H,57,59,60)/t39-/m0/s1. The van der Waals surface area contributed by atoms with Crippen molar-refractivity contribution in [3.8, 4) is 28.4 Å². The minimum absolute atomic E-state index is 0.0556. The van der Waals surface area contributed by atoms with Crippen molar-refractivity contribution < 1.29 is 60.0 Å². The van der Waals surface area contributed by atoms with Gasteiger partial charge < -0.3 is 44.7 Å². The molecule has 0 unspecified atom stereocenters. The molecule has 0 fully saturated rings. The maximum Gasteiger partial charge on any atom is 0.407 e. The Balaban J connectivity index is 1.58. The topological polar surface area (TPSA) is 286 Å². The van der Waals surface area contributed by atoms with Gasteiger partial charge in [0.15, 0.2) is 5.84 Å². The molecule has 22 nitrogen and oxygen atoms in total. The first-order valence-corrected chi connectivity index (χ1v) is 27.1. The van der Waals surface area contributed by atoms with Crippen molar-refractivity contribution >= 4 is 49.7 Å². The lowest BCUT2D eigenvalue weighted by Crippen LogP contribution is -2.41. The molecule has 1 atom stereocenters. The molecule has 0 spiro atoms. The number of sulfonamides is 2. The van der Waals surface area contributed by atoms with Gasteiger partial charge in [0.25, 0.3) is 5.91 Å². The number of aliphatic hydroxyl groups excluding tert-OH is 1. The van der Waals surface area contributed by atoms with Gasteiger partial charge in [0.1, 0.15) is 43.9 Å². The maximum atomic E-state index is 16.3. The third-order valence-corrected chi connectivity index (χ3v) is 14.6. The number of amides is 3. The van der Waals surface area contributed by atoms with E-state index in [1.54, 1.807) is 114 Å². The summed E-state index contributed by atoms with van der Waals surface area (Å²) >= 11 is 0. The molecular formula is C53H65N9O13S2. The van der Waals surface area contributed by atoms with Gasteiger partial charge in [0, 0.05) is 50.4 Å². The van der Waals surface area contributed by atoms with Gasteiger partial charge in [-0.05, 0) is 124 Å². The highest BCUT2D eigenvalue weighted by molar-refractivity contribution is 7.92. The monoisotopic (exact) mass is 1100 g/mol. The van der Waals surface area contributed by atoms with Gasteiger partial charge in [0.2, 0.25) is 20.0 Å². The van der Waals surface area contributed by atoms with Crippen LogP contribution in [0.5, 0.6) is 17.2 Å². The van der Waals surface area contributed by atoms with Crippen LogP contribution in [0.3, 0.4) is 0 Å². The highest BCUT2D eigenvalue weighted by Gasteiger charge is 2.38. The number of carbonyl (C=O) groups excluding carboxylic acids is 3. The number of fused-ring (bicyclic) bond motifs is 2. The Morgan fingerprint density at radius 3 is 1.90 bits per heavy atom. The number of ether oxygens (including phenoxy) is 5. The second-order valence-corrected chi connectivity index (χ2v) is 23.0. The lowest BCUT2D eigenvalue weighted by Gasteiger charge is -2.27. The third-order valence-electron chi connectivity index (χ3n) is 11.1. The SMILES string of the molecule is COc1ccc(CN(Cc2ccc(OC)cc2)S(=O)(=O)c2c(S(=O)(=O)NCCNC(=O)OC(C)(C)C)ccc(-c3cccc(C(=O)NC[C@H](O)CNC(=O)OC(C)(C)C)c3)c2C2=Nc3cc(ccc3OC)CN=NN2)cc1. The largest absolute Gasteiger partial charge is 0.497 e. The molecule has 3 amide bonds. The van der Waals surface area contributed by atoms with E-state index in [2.05, 4.69) is 36.4 Å². The summed E-state index contributed by atoms with van der Waals surface area (Å²) in [6.45, 7) is 8.38. The molecule has 1 heterocycles. The van der Waals surface area contributed by atoms with Gasteiger partial charge in [-0.1, -0.05) is 53.8 Å². The van der Waals surface area contributed by atoms with E-state index in [9.17, 15) is 27.9 Å². The Kier molecular flexibility index (Phi) is 19.4. The van der Waals surface area contributed by atoms with E-state index < -0.39 is 71.8 Å². The van der Waals surface area contributed by atoms with Crippen LogP contribution in [0, 0.1) is 0 Å². The molecule has 0 aromatic heterocycles. The van der Waals surface area contributed by atoms with Crippen LogP contribution in [0.2, 0.25) is 0 Å². The second kappa shape index (κ2) is 25.5. The van der Waals surface area contributed by atoms with Gasteiger partial charge in [-0.2, -0.15) is 9.42 Å². The number of aliphatic imine (C=N–C) groups is 1. The molecule has 1 aliphatic heterocycles. The normalized spacial score (nSPS) is 13.2. The summed E-state index contributed by atoms with van der Waals surface area (Å²) in [6, 6.07) is 27.0. The van der Waals surface area contributed by atoms with Crippen LogP contribution >= 0.6 is 0 Å². The quantitative estimate of drug-likeness (QED) is 0.0415. The zero-order valence-electron chi connectivity index (χ0n) is 44.3. The fourth-order valence-electron chi connectivity index (χ4n) is 7.58. The Labute approximate surface area is 448 Å². The molecule has 0 saturated carbocycles. The Morgan fingerprint density at radius 2 is 1.31 bits per heavy atom. The number of amidine groups is 1. The lowest BCUT2D eigenvalue weighted by atomic mass is 9.97. The van der Waals surface area contributed by atoms with Crippen LogP contribution in [0.1, 0.15) is 74.2 Å². The number of benzene rings is 5. The van der Waals surface area contributed by atoms with Crippen LogP contribution in [-0.2, 0) is 49.2 Å². The van der Waals surface area contributed by atoms with E-state index in [0.29, 0.717) is 28.2 Å². The van der Waals surface area contributed by atoms with E-state index >= 15 is 8.42 Å². The fraction of sp³-hybridized carbons (Fsp3) is 0.358. The fourth-order valence-corrected chi connectivity index (χ4v) is 11.0. The zero-order valence-corrected chi connectivity index (χ0v) is 45.9. The predicted molar refractivity (Wildman–Crippen MR) is 287 cm³/mol. The molecule has 5 aromatic carbocycles. The molecule has 6 N–H and O–H groups in total. The number of hydrogen-bond donors (Lipinski definition) is 6. The highest BCUT2D eigenvalue weighted by Crippen LogP contribution is 2.39. The number of methoxy groups -OCH3 is 3. The minimum atomic E-state index is -5.11. The first-order valence-electron chi connectivity index (χ1n) is 24.2. The molecule has 2 bridgehead atoms. The maximum absolute atomic E-state index is 16.3. The molecule has 0 saturated heterocycles. The van der Waals surface area contributed by atoms with Crippen LogP contribution in [0.25, 0.3) is 11.1 Å². The van der Waals surface area contributed by atoms with Crippen molar-refractivity contribution in [1.29, 1.82) is 0 Å². The molecule has 6 rings (SSSR count). The lowest BCUT2D eigenvalue weighted by molar-refractivity contribution is 0.0489. The average Bonchev–Trinajstić information content (AvgIpc) is 3.51. The van der Waals surface area contributed by atoms with Gasteiger partial charge in [-0.25, -0.2) is 41.6 Å². The molecule has 24 heteroatoms. The highest BCUT2D eigenvalue weighted by atomic mass is 32.2. The molecule has 5 aromatic rings. The number of hydrogen-bond acceptors (Lipinski definition) is 17. The van der Waals surface area contributed by atoms with E-state index in [0.717, 1.165) is 10.4 Å². The number of nitrogens with one attached hydrogen (secondary N) is 5. The summed E-state index contributed by atoms with van der Waals surface area (Å²) in [5.74, 6) is 0.349. The first kappa shape index (κ1) is 58.6. The summed E-state index contributed by atoms with van der Waals surface area (Å²) in [5.41, 5.74) is 3.11. The predicted octanol–water partition coefficient (Wildman–Crippen LogP) is 6.74. The molecular weight excluding hydrogens is 1030 g/mol. The number of alkyl carbamates (subject to hydrolysis) is 2. The van der Waals surface area contributed by atoms with Gasteiger partial charge in [-0.15, -0.1) is 0 Å². The Hall–Kier alpha value is -7.64. The first-order chi connectivity index (χ1) is 36.4. The third kappa shape index (κ3) is 16.4. The molecule has 0 aliphatic carbocycles. The van der Waals surface area contributed by atoms with E-state index in [4.69, 9.17) is 28.7 Å². The van der Waals surface area contributed by atoms with Crippen LogP contribution < -0.4 is 40.3 Å². The van der Waals surface area contributed by atoms with Gasteiger partial charge in [-0.3, -0.25) is 4.79 Å². The van der Waals surface area contributed by atoms with E-state index in [1.165, 1.54) is 45.6 Å². The summed E-state index contributed by atoms with van der Waals surface area (Å²) in [4.78, 5) is 42.1. The summed E-state index contributed by atoms with van der Waals surface area (Å²) < 4.78 is 93.1. The van der Waals surface area contributed by atoms with Crippen LogP contribution in [0.4, 0.5) is 15.3 Å². The molecule has 1 aliphatic rings. The van der Waals surface area contributed by atoms with Crippen molar-refractivity contribution in [3.05, 3.63) is 131 Å². The van der Waals surface area contributed by atoms with E-state index in [-0.39, 0.29) is 78.8 Å². The van der Waals surface area contributed by atoms with Crippen LogP contribution in [0.15, 0.2) is 128 Å². The van der Waals surface area contributed by atoms with Crippen molar-refractivity contribution in [2.45, 2.75) is 88.3 Å². The van der Waals surface area contributed by atoms with Gasteiger partial charge in [0.05, 0.1) is 34.0 Å². The summed E-state index contributed by atoms with van der Waals surface area (Å²) in [5, 5.41) is 26.8. The number of nitrogens with zero attached hydrogens (tertiary/aromatic N) is 4. The molecule has 0 radical (unpaired) electrons. The second-order valence-electron chi connectivity index (χ2n) is 19.4. The van der Waals surface area contributed by atoms with Crippen molar-refractivity contribution in [3.63, 3.8) is 0 Å². The molecule has 77 heavy (non-hydrogen) atoms. The number of carbonyl (C=O) groups is 3. The molecule has 412 valence electrons. The average molecular weight is 1100 g/mol. The summed E-state index contributed by atoms with van der Waals surface area (Å²) in [7, 11) is -5.57. The van der Waals surface area contributed by atoms with Crippen molar-refractivity contribution in [1.82, 2.24) is 30.4 Å². The number of aliphatic hydroxyl groups is 1. The van der Waals surface area contributed by atoms with Crippen molar-refractivity contribution in [2.75, 3.05) is 47.5 Å².